The van der Waals surface area contributed by atoms with Gasteiger partial charge in [-0.3, -0.25) is 9.59 Å². The number of hydrogen-bond acceptors (Lipinski definition) is 4. The Labute approximate surface area is 157 Å². The van der Waals surface area contributed by atoms with E-state index in [1.807, 2.05) is 24.8 Å². The number of hydrogen-bond donors (Lipinski definition) is 1. The molecule has 3 aromatic rings. The average Bonchev–Trinajstić information content (AvgIpc) is 3.26. The summed E-state index contributed by atoms with van der Waals surface area (Å²) in [5.41, 5.74) is 5.06. The Hall–Kier alpha value is -3.09. The Bertz CT molecular complexity index is 996. The SMILES string of the molecule is Cc1cc(CC(=O)N2CCN(C(=O)c3ccc4ncoc4c3)CC2)c(C)[nH]1. The van der Waals surface area contributed by atoms with Crippen LogP contribution in [-0.4, -0.2) is 57.8 Å². The standard InChI is InChI=1S/C20H22N4O3/c1-13-9-16(14(2)22-13)11-19(25)23-5-7-24(8-6-23)20(26)15-3-4-17-18(10-15)27-12-21-17/h3-4,9-10,12,22H,5-8,11H2,1-2H3. The third-order valence-corrected chi connectivity index (χ3v) is 5.10. The zero-order valence-corrected chi connectivity index (χ0v) is 15.5. The minimum atomic E-state index is -0.0440. The summed E-state index contributed by atoms with van der Waals surface area (Å²) in [5.74, 6) is 0.0600. The lowest BCUT2D eigenvalue weighted by atomic mass is 10.1. The number of carbonyl (C=O) groups excluding carboxylic acids is 2. The minimum Gasteiger partial charge on any atom is -0.443 e. The predicted molar refractivity (Wildman–Crippen MR) is 100 cm³/mol. The maximum atomic E-state index is 12.7. The van der Waals surface area contributed by atoms with Crippen LogP contribution < -0.4 is 0 Å². The van der Waals surface area contributed by atoms with Gasteiger partial charge >= 0.3 is 0 Å². The van der Waals surface area contributed by atoms with Crippen molar-refractivity contribution >= 4 is 22.9 Å². The molecule has 0 radical (unpaired) electrons. The Kier molecular flexibility index (Phi) is 4.43. The van der Waals surface area contributed by atoms with Gasteiger partial charge in [-0.2, -0.15) is 0 Å². The molecule has 1 saturated heterocycles. The average molecular weight is 366 g/mol. The van der Waals surface area contributed by atoms with Crippen LogP contribution in [0.15, 0.2) is 35.1 Å². The van der Waals surface area contributed by atoms with Crippen LogP contribution >= 0.6 is 0 Å². The third kappa shape index (κ3) is 3.45. The second kappa shape index (κ2) is 6.90. The number of rotatable bonds is 3. The van der Waals surface area contributed by atoms with E-state index in [0.717, 1.165) is 22.5 Å². The first-order chi connectivity index (χ1) is 13.0. The topological polar surface area (TPSA) is 82.4 Å². The number of benzene rings is 1. The fourth-order valence-corrected chi connectivity index (χ4v) is 3.57. The highest BCUT2D eigenvalue weighted by molar-refractivity contribution is 5.97. The first-order valence-electron chi connectivity index (χ1n) is 9.06. The smallest absolute Gasteiger partial charge is 0.254 e. The van der Waals surface area contributed by atoms with E-state index in [4.69, 9.17) is 4.42 Å². The van der Waals surface area contributed by atoms with E-state index in [1.165, 1.54) is 6.39 Å². The fraction of sp³-hybridized carbons (Fsp3) is 0.350. The molecule has 0 atom stereocenters. The summed E-state index contributed by atoms with van der Waals surface area (Å²) in [6.45, 7) is 6.14. The van der Waals surface area contributed by atoms with E-state index in [9.17, 15) is 9.59 Å². The molecular weight excluding hydrogens is 344 g/mol. The van der Waals surface area contributed by atoms with Crippen LogP contribution in [0.2, 0.25) is 0 Å². The van der Waals surface area contributed by atoms with Crippen molar-refractivity contribution in [2.24, 2.45) is 0 Å². The van der Waals surface area contributed by atoms with E-state index in [0.29, 0.717) is 43.7 Å². The number of H-pyrrole nitrogens is 1. The van der Waals surface area contributed by atoms with Gasteiger partial charge in [-0.1, -0.05) is 0 Å². The second-order valence-corrected chi connectivity index (χ2v) is 6.99. The van der Waals surface area contributed by atoms with Crippen molar-refractivity contribution in [2.75, 3.05) is 26.2 Å². The van der Waals surface area contributed by atoms with E-state index in [2.05, 4.69) is 9.97 Å². The number of fused-ring (bicyclic) bond motifs is 1. The molecule has 140 valence electrons. The molecule has 1 N–H and O–H groups in total. The van der Waals surface area contributed by atoms with Gasteiger partial charge in [0.15, 0.2) is 12.0 Å². The molecule has 1 aliphatic rings. The van der Waals surface area contributed by atoms with Crippen molar-refractivity contribution in [3.05, 3.63) is 53.2 Å². The summed E-state index contributed by atoms with van der Waals surface area (Å²) < 4.78 is 5.28. The van der Waals surface area contributed by atoms with Crippen LogP contribution in [0.3, 0.4) is 0 Å². The van der Waals surface area contributed by atoms with Crippen LogP contribution in [0, 0.1) is 13.8 Å². The van der Waals surface area contributed by atoms with Gasteiger partial charge in [0.05, 0.1) is 6.42 Å². The number of nitrogens with zero attached hydrogens (tertiary/aromatic N) is 3. The highest BCUT2D eigenvalue weighted by atomic mass is 16.3. The van der Waals surface area contributed by atoms with Gasteiger partial charge in [0.1, 0.15) is 5.52 Å². The van der Waals surface area contributed by atoms with Gasteiger partial charge in [-0.25, -0.2) is 4.98 Å². The number of amides is 2. The lowest BCUT2D eigenvalue weighted by Crippen LogP contribution is -2.51. The van der Waals surface area contributed by atoms with E-state index < -0.39 is 0 Å². The van der Waals surface area contributed by atoms with Crippen molar-refractivity contribution in [1.82, 2.24) is 19.8 Å². The molecule has 0 aliphatic carbocycles. The van der Waals surface area contributed by atoms with Gasteiger partial charge in [0, 0.05) is 43.1 Å². The Morgan fingerprint density at radius 2 is 1.85 bits per heavy atom. The number of aromatic nitrogens is 2. The number of nitrogens with one attached hydrogen (secondary N) is 1. The Morgan fingerprint density at radius 1 is 1.11 bits per heavy atom. The quantitative estimate of drug-likeness (QED) is 0.771. The van der Waals surface area contributed by atoms with Gasteiger partial charge in [-0.15, -0.1) is 0 Å². The highest BCUT2D eigenvalue weighted by Gasteiger charge is 2.25. The molecule has 27 heavy (non-hydrogen) atoms. The molecule has 0 spiro atoms. The summed E-state index contributed by atoms with van der Waals surface area (Å²) in [4.78, 5) is 36.2. The summed E-state index contributed by atoms with van der Waals surface area (Å²) in [7, 11) is 0. The van der Waals surface area contributed by atoms with Crippen LogP contribution in [0.25, 0.3) is 11.1 Å². The number of aryl methyl sites for hydroxylation is 2. The van der Waals surface area contributed by atoms with Crippen molar-refractivity contribution < 1.29 is 14.0 Å². The molecule has 0 saturated carbocycles. The maximum Gasteiger partial charge on any atom is 0.254 e. The number of carbonyl (C=O) groups is 2. The molecule has 1 aliphatic heterocycles. The molecule has 0 unspecified atom stereocenters. The summed E-state index contributed by atoms with van der Waals surface area (Å²) in [5, 5.41) is 0. The van der Waals surface area contributed by atoms with Gasteiger partial charge in [-0.05, 0) is 43.7 Å². The first kappa shape index (κ1) is 17.3. The van der Waals surface area contributed by atoms with E-state index in [-0.39, 0.29) is 11.8 Å². The molecule has 7 nitrogen and oxygen atoms in total. The summed E-state index contributed by atoms with van der Waals surface area (Å²) in [6, 6.07) is 7.29. The van der Waals surface area contributed by atoms with Crippen molar-refractivity contribution in [1.29, 1.82) is 0 Å². The molecule has 3 heterocycles. The molecule has 7 heteroatoms. The molecule has 1 aromatic carbocycles. The van der Waals surface area contributed by atoms with Gasteiger partial charge in [0.2, 0.25) is 5.91 Å². The van der Waals surface area contributed by atoms with Gasteiger partial charge in [0.25, 0.3) is 5.91 Å². The lowest BCUT2D eigenvalue weighted by molar-refractivity contribution is -0.131. The lowest BCUT2D eigenvalue weighted by Gasteiger charge is -2.35. The van der Waals surface area contributed by atoms with Crippen LogP contribution in [0.1, 0.15) is 27.3 Å². The molecular formula is C20H22N4O3. The molecule has 1 fully saturated rings. The summed E-state index contributed by atoms with van der Waals surface area (Å²) in [6.07, 6.45) is 1.77. The van der Waals surface area contributed by atoms with Crippen molar-refractivity contribution in [3.63, 3.8) is 0 Å². The highest BCUT2D eigenvalue weighted by Crippen LogP contribution is 2.17. The van der Waals surface area contributed by atoms with Gasteiger partial charge < -0.3 is 19.2 Å². The van der Waals surface area contributed by atoms with Crippen LogP contribution in [0.4, 0.5) is 0 Å². The van der Waals surface area contributed by atoms with Crippen LogP contribution in [-0.2, 0) is 11.2 Å². The van der Waals surface area contributed by atoms with E-state index in [1.54, 1.807) is 23.1 Å². The largest absolute Gasteiger partial charge is 0.443 e. The minimum absolute atomic E-state index is 0.0440. The Morgan fingerprint density at radius 3 is 2.56 bits per heavy atom. The van der Waals surface area contributed by atoms with Crippen molar-refractivity contribution in [3.8, 4) is 0 Å². The third-order valence-electron chi connectivity index (χ3n) is 5.10. The molecule has 2 amide bonds. The normalized spacial score (nSPS) is 14.7. The monoisotopic (exact) mass is 366 g/mol. The zero-order chi connectivity index (χ0) is 19.0. The first-order valence-corrected chi connectivity index (χ1v) is 9.06. The molecule has 2 aromatic heterocycles. The fourth-order valence-electron chi connectivity index (χ4n) is 3.57. The molecule has 0 bridgehead atoms. The second-order valence-electron chi connectivity index (χ2n) is 6.99. The van der Waals surface area contributed by atoms with Crippen molar-refractivity contribution in [2.45, 2.75) is 20.3 Å². The Balaban J connectivity index is 1.37. The predicted octanol–water partition coefficient (Wildman–Crippen LogP) is 2.30. The number of aromatic amines is 1. The maximum absolute atomic E-state index is 12.7. The zero-order valence-electron chi connectivity index (χ0n) is 15.5. The van der Waals surface area contributed by atoms with E-state index >= 15 is 0 Å². The number of piperazine rings is 1. The summed E-state index contributed by atoms with van der Waals surface area (Å²) >= 11 is 0. The number of oxazole rings is 1. The molecule has 4 rings (SSSR count). The van der Waals surface area contributed by atoms with Crippen LogP contribution in [0.5, 0.6) is 0 Å².